The van der Waals surface area contributed by atoms with E-state index < -0.39 is 0 Å². The fourth-order valence-corrected chi connectivity index (χ4v) is 4.49. The molecule has 2 heterocycles. The van der Waals surface area contributed by atoms with Crippen LogP contribution in [-0.2, 0) is 6.42 Å². The Bertz CT molecular complexity index is 988. The van der Waals surface area contributed by atoms with Crippen molar-refractivity contribution in [2.24, 2.45) is 0 Å². The van der Waals surface area contributed by atoms with Gasteiger partial charge in [-0.3, -0.25) is 0 Å². The van der Waals surface area contributed by atoms with Crippen molar-refractivity contribution in [1.82, 2.24) is 14.8 Å². The molecule has 3 aromatic rings. The highest BCUT2D eigenvalue weighted by atomic mass is 16.6. The molecule has 1 aliphatic rings. The quantitative estimate of drug-likeness (QED) is 0.520. The van der Waals surface area contributed by atoms with Crippen molar-refractivity contribution in [1.29, 1.82) is 0 Å². The monoisotopic (exact) mass is 419 g/mol. The summed E-state index contributed by atoms with van der Waals surface area (Å²) >= 11 is 0. The summed E-state index contributed by atoms with van der Waals surface area (Å²) in [7, 11) is 3.37. The van der Waals surface area contributed by atoms with Crippen LogP contribution in [0.2, 0.25) is 0 Å². The number of hydrogen-bond donors (Lipinski definition) is 1. The Labute approximate surface area is 185 Å². The number of hydrogen-bond acceptors (Lipinski definition) is 3. The van der Waals surface area contributed by atoms with Gasteiger partial charge in [0.2, 0.25) is 0 Å². The summed E-state index contributed by atoms with van der Waals surface area (Å²) in [6.45, 7) is 3.58. The number of benzene rings is 2. The molecule has 1 amide bonds. The number of H-pyrrole nitrogens is 1. The molecular weight excluding hydrogens is 386 g/mol. The van der Waals surface area contributed by atoms with Gasteiger partial charge in [-0.15, -0.1) is 0 Å². The fourth-order valence-electron chi connectivity index (χ4n) is 4.49. The Morgan fingerprint density at radius 1 is 1.10 bits per heavy atom. The number of unbranched alkanes of at least 4 members (excludes halogenated alkanes) is 1. The van der Waals surface area contributed by atoms with Gasteiger partial charge in [-0.05, 0) is 87.0 Å². The summed E-state index contributed by atoms with van der Waals surface area (Å²) in [6, 6.07) is 16.7. The average molecular weight is 420 g/mol. The van der Waals surface area contributed by atoms with E-state index in [0.29, 0.717) is 5.75 Å². The number of likely N-dealkylation sites (tertiary alicyclic amines) is 1. The third kappa shape index (κ3) is 5.47. The smallest absolute Gasteiger partial charge is 0.410 e. The number of amides is 1. The fraction of sp³-hybridized carbons (Fsp3) is 0.423. The van der Waals surface area contributed by atoms with Crippen LogP contribution in [0.3, 0.4) is 0 Å². The van der Waals surface area contributed by atoms with E-state index in [4.69, 9.17) is 4.74 Å². The number of piperidine rings is 1. The lowest BCUT2D eigenvalue weighted by atomic mass is 9.89. The molecule has 5 nitrogen and oxygen atoms in total. The number of aromatic amines is 1. The van der Waals surface area contributed by atoms with Crippen molar-refractivity contribution >= 4 is 17.0 Å². The van der Waals surface area contributed by atoms with Crippen LogP contribution in [0.25, 0.3) is 10.9 Å². The second-order valence-corrected chi connectivity index (χ2v) is 8.77. The van der Waals surface area contributed by atoms with E-state index in [1.807, 2.05) is 18.2 Å². The molecule has 4 rings (SSSR count). The van der Waals surface area contributed by atoms with Crippen molar-refractivity contribution in [3.8, 4) is 5.75 Å². The van der Waals surface area contributed by atoms with Gasteiger partial charge >= 0.3 is 6.09 Å². The molecular formula is C26H33N3O2. The molecule has 5 heteroatoms. The van der Waals surface area contributed by atoms with E-state index in [1.165, 1.54) is 54.9 Å². The minimum Gasteiger partial charge on any atom is -0.410 e. The maximum absolute atomic E-state index is 11.8. The van der Waals surface area contributed by atoms with E-state index >= 15 is 0 Å². The number of nitrogens with one attached hydrogen (secondary N) is 1. The van der Waals surface area contributed by atoms with Gasteiger partial charge in [0.25, 0.3) is 0 Å². The Morgan fingerprint density at radius 3 is 2.61 bits per heavy atom. The van der Waals surface area contributed by atoms with Crippen LogP contribution in [0.5, 0.6) is 5.75 Å². The number of rotatable bonds is 7. The molecule has 1 N–H and O–H groups in total. The largest absolute Gasteiger partial charge is 0.414 e. The number of ether oxygens (including phenoxy) is 1. The highest BCUT2D eigenvalue weighted by Gasteiger charge is 2.20. The van der Waals surface area contributed by atoms with E-state index in [2.05, 4.69) is 46.4 Å². The molecule has 164 valence electrons. The standard InChI is InChI=1S/C26H33N3O2/c1-28(2)26(30)31-23-11-12-25-24(18-23)22(19-27-25)10-6-7-15-29-16-13-21(14-17-29)20-8-4-3-5-9-20/h3-5,8-9,11-12,18-19,21,27H,6-7,10,13-17H2,1-2H3. The molecule has 1 fully saturated rings. The summed E-state index contributed by atoms with van der Waals surface area (Å²) in [5.74, 6) is 1.31. The molecule has 0 radical (unpaired) electrons. The minimum absolute atomic E-state index is 0.354. The first-order chi connectivity index (χ1) is 15.1. The maximum Gasteiger partial charge on any atom is 0.414 e. The van der Waals surface area contributed by atoms with Gasteiger partial charge in [0, 0.05) is 31.2 Å². The third-order valence-electron chi connectivity index (χ3n) is 6.34. The molecule has 1 aliphatic heterocycles. The van der Waals surface area contributed by atoms with Crippen LogP contribution in [0, 0.1) is 0 Å². The second-order valence-electron chi connectivity index (χ2n) is 8.77. The van der Waals surface area contributed by atoms with E-state index in [0.717, 1.165) is 29.7 Å². The first-order valence-electron chi connectivity index (χ1n) is 11.4. The van der Waals surface area contributed by atoms with Crippen LogP contribution in [0.15, 0.2) is 54.7 Å². The summed E-state index contributed by atoms with van der Waals surface area (Å²) in [6.07, 6.45) is 7.67. The van der Waals surface area contributed by atoms with Crippen LogP contribution >= 0.6 is 0 Å². The molecule has 31 heavy (non-hydrogen) atoms. The molecule has 0 unspecified atom stereocenters. The first kappa shape index (κ1) is 21.4. The zero-order valence-corrected chi connectivity index (χ0v) is 18.6. The van der Waals surface area contributed by atoms with Gasteiger partial charge in [-0.1, -0.05) is 30.3 Å². The number of carbonyl (C=O) groups is 1. The lowest BCUT2D eigenvalue weighted by Crippen LogP contribution is -2.33. The van der Waals surface area contributed by atoms with Crippen molar-refractivity contribution in [3.63, 3.8) is 0 Å². The molecule has 0 spiro atoms. The van der Waals surface area contributed by atoms with Gasteiger partial charge < -0.3 is 19.5 Å². The van der Waals surface area contributed by atoms with Crippen LogP contribution in [0.4, 0.5) is 4.79 Å². The normalized spacial score (nSPS) is 15.3. The number of carbonyl (C=O) groups excluding carboxylic acids is 1. The lowest BCUT2D eigenvalue weighted by molar-refractivity contribution is 0.172. The van der Waals surface area contributed by atoms with Crippen molar-refractivity contribution in [2.75, 3.05) is 33.7 Å². The zero-order chi connectivity index (χ0) is 21.6. The SMILES string of the molecule is CN(C)C(=O)Oc1ccc2[nH]cc(CCCCN3CCC(c4ccccc4)CC3)c2c1. The Kier molecular flexibility index (Phi) is 6.92. The van der Waals surface area contributed by atoms with Crippen molar-refractivity contribution in [2.45, 2.75) is 38.0 Å². The molecule has 1 aromatic heterocycles. The highest BCUT2D eigenvalue weighted by Crippen LogP contribution is 2.28. The highest BCUT2D eigenvalue weighted by molar-refractivity contribution is 5.85. The second kappa shape index (κ2) is 10.0. The molecule has 0 atom stereocenters. The molecule has 0 aliphatic carbocycles. The summed E-state index contributed by atoms with van der Waals surface area (Å²) in [5, 5.41) is 1.15. The predicted molar refractivity (Wildman–Crippen MR) is 126 cm³/mol. The van der Waals surface area contributed by atoms with Crippen LogP contribution < -0.4 is 4.74 Å². The summed E-state index contributed by atoms with van der Waals surface area (Å²) in [4.78, 5) is 19.2. The van der Waals surface area contributed by atoms with Gasteiger partial charge in [0.05, 0.1) is 0 Å². The Morgan fingerprint density at radius 2 is 1.87 bits per heavy atom. The Balaban J connectivity index is 1.24. The third-order valence-corrected chi connectivity index (χ3v) is 6.34. The van der Waals surface area contributed by atoms with Crippen LogP contribution in [-0.4, -0.2) is 54.6 Å². The Hall–Kier alpha value is -2.79. The zero-order valence-electron chi connectivity index (χ0n) is 18.6. The topological polar surface area (TPSA) is 48.6 Å². The van der Waals surface area contributed by atoms with Crippen molar-refractivity contribution in [3.05, 3.63) is 65.9 Å². The summed E-state index contributed by atoms with van der Waals surface area (Å²) < 4.78 is 5.42. The molecule has 0 saturated carbocycles. The molecule has 1 saturated heterocycles. The number of aromatic nitrogens is 1. The number of fused-ring (bicyclic) bond motifs is 1. The maximum atomic E-state index is 11.8. The first-order valence-corrected chi connectivity index (χ1v) is 11.4. The van der Waals surface area contributed by atoms with Gasteiger partial charge in [0.15, 0.2) is 0 Å². The number of nitrogens with zero attached hydrogens (tertiary/aromatic N) is 2. The van der Waals surface area contributed by atoms with E-state index in [9.17, 15) is 4.79 Å². The summed E-state index contributed by atoms with van der Waals surface area (Å²) in [5.41, 5.74) is 3.88. The molecule has 0 bridgehead atoms. The average Bonchev–Trinajstić information content (AvgIpc) is 3.20. The van der Waals surface area contributed by atoms with Gasteiger partial charge in [-0.2, -0.15) is 0 Å². The minimum atomic E-state index is -0.354. The number of aryl methyl sites for hydroxylation is 1. The molecule has 2 aromatic carbocycles. The van der Waals surface area contributed by atoms with Gasteiger partial charge in [0.1, 0.15) is 5.75 Å². The van der Waals surface area contributed by atoms with E-state index in [-0.39, 0.29) is 6.09 Å². The predicted octanol–water partition coefficient (Wildman–Crippen LogP) is 5.43. The van der Waals surface area contributed by atoms with Crippen LogP contribution in [0.1, 0.15) is 42.7 Å². The van der Waals surface area contributed by atoms with Gasteiger partial charge in [-0.25, -0.2) is 4.79 Å². The van der Waals surface area contributed by atoms with Crippen molar-refractivity contribution < 1.29 is 9.53 Å². The lowest BCUT2D eigenvalue weighted by Gasteiger charge is -2.32. The van der Waals surface area contributed by atoms with E-state index in [1.54, 1.807) is 14.1 Å².